The van der Waals surface area contributed by atoms with Crippen LogP contribution in [-0.2, 0) is 13.6 Å². The maximum absolute atomic E-state index is 3.68. The van der Waals surface area contributed by atoms with Crippen molar-refractivity contribution in [3.05, 3.63) is 30.9 Å². The number of imidazole rings is 1. The Hall–Kier alpha value is -1.05. The molecule has 0 saturated carbocycles. The maximum Gasteiger partial charge on any atom is 0.253 e. The molecule has 0 fully saturated rings. The zero-order valence-electron chi connectivity index (χ0n) is 6.54. The molecular formula is C8H13N2+. The van der Waals surface area contributed by atoms with Gasteiger partial charge in [-0.25, -0.2) is 9.13 Å². The minimum absolute atomic E-state index is 0.896. The van der Waals surface area contributed by atoms with Crippen molar-refractivity contribution < 1.29 is 4.57 Å². The van der Waals surface area contributed by atoms with Gasteiger partial charge >= 0.3 is 0 Å². The summed E-state index contributed by atoms with van der Waals surface area (Å²) in [6.45, 7) is 6.66. The highest BCUT2D eigenvalue weighted by atomic mass is 15.1. The van der Waals surface area contributed by atoms with E-state index in [1.807, 2.05) is 19.3 Å². The minimum atomic E-state index is 0.896. The molecule has 0 saturated heterocycles. The monoisotopic (exact) mass is 137 g/mol. The molecule has 0 spiro atoms. The summed E-state index contributed by atoms with van der Waals surface area (Å²) in [6, 6.07) is 0. The van der Waals surface area contributed by atoms with E-state index < -0.39 is 0 Å². The van der Waals surface area contributed by atoms with Crippen molar-refractivity contribution in [3.63, 3.8) is 0 Å². The maximum atomic E-state index is 3.68. The number of nitrogens with zero attached hydrogens (tertiary/aromatic N) is 2. The van der Waals surface area contributed by atoms with Crippen LogP contribution in [0, 0.1) is 6.92 Å². The average Bonchev–Trinajstić information content (AvgIpc) is 2.20. The van der Waals surface area contributed by atoms with Crippen LogP contribution in [-0.4, -0.2) is 4.57 Å². The molecule has 0 aliphatic heterocycles. The van der Waals surface area contributed by atoms with E-state index >= 15 is 0 Å². The van der Waals surface area contributed by atoms with Gasteiger partial charge in [0.15, 0.2) is 0 Å². The molecule has 1 rings (SSSR count). The Morgan fingerprint density at radius 3 is 2.90 bits per heavy atom. The van der Waals surface area contributed by atoms with E-state index in [0.717, 1.165) is 6.54 Å². The fourth-order valence-corrected chi connectivity index (χ4v) is 0.931. The Morgan fingerprint density at radius 1 is 1.80 bits per heavy atom. The summed E-state index contributed by atoms with van der Waals surface area (Å²) in [4.78, 5) is 0. The SMILES string of the molecule is C=CCn1cc[n+](C)c1C. The van der Waals surface area contributed by atoms with Crippen LogP contribution >= 0.6 is 0 Å². The second-order valence-electron chi connectivity index (χ2n) is 2.40. The molecule has 0 unspecified atom stereocenters. The van der Waals surface area contributed by atoms with Gasteiger partial charge in [0, 0.05) is 6.92 Å². The van der Waals surface area contributed by atoms with Crippen LogP contribution in [0.1, 0.15) is 5.82 Å². The molecule has 54 valence electrons. The highest BCUT2D eigenvalue weighted by molar-refractivity contribution is 4.83. The van der Waals surface area contributed by atoms with Gasteiger partial charge in [-0.2, -0.15) is 0 Å². The molecule has 0 aliphatic rings. The summed E-state index contributed by atoms with van der Waals surface area (Å²) in [6.07, 6.45) is 5.99. The van der Waals surface area contributed by atoms with Crippen molar-refractivity contribution in [2.45, 2.75) is 13.5 Å². The van der Waals surface area contributed by atoms with E-state index in [1.54, 1.807) is 0 Å². The van der Waals surface area contributed by atoms with Gasteiger partial charge < -0.3 is 0 Å². The number of hydrogen-bond donors (Lipinski definition) is 0. The van der Waals surface area contributed by atoms with Crippen LogP contribution in [0.3, 0.4) is 0 Å². The highest BCUT2D eigenvalue weighted by Gasteiger charge is 2.04. The van der Waals surface area contributed by atoms with E-state index in [0.29, 0.717) is 0 Å². The van der Waals surface area contributed by atoms with Crippen molar-refractivity contribution in [2.75, 3.05) is 0 Å². The number of aromatic nitrogens is 2. The first-order valence-corrected chi connectivity index (χ1v) is 3.38. The smallest absolute Gasteiger partial charge is 0.237 e. The zero-order chi connectivity index (χ0) is 7.56. The lowest BCUT2D eigenvalue weighted by molar-refractivity contribution is -0.677. The molecule has 10 heavy (non-hydrogen) atoms. The van der Waals surface area contributed by atoms with Crippen molar-refractivity contribution in [1.82, 2.24) is 4.57 Å². The number of rotatable bonds is 2. The van der Waals surface area contributed by atoms with Gasteiger partial charge in [0.1, 0.15) is 18.9 Å². The van der Waals surface area contributed by atoms with E-state index in [1.165, 1.54) is 5.82 Å². The van der Waals surface area contributed by atoms with Crippen molar-refractivity contribution in [1.29, 1.82) is 0 Å². The predicted molar refractivity (Wildman–Crippen MR) is 40.5 cm³/mol. The van der Waals surface area contributed by atoms with Crippen LogP contribution in [0.5, 0.6) is 0 Å². The fourth-order valence-electron chi connectivity index (χ4n) is 0.931. The molecule has 1 aromatic heterocycles. The zero-order valence-corrected chi connectivity index (χ0v) is 6.54. The molecule has 1 aromatic rings. The minimum Gasteiger partial charge on any atom is -0.237 e. The number of aryl methyl sites for hydroxylation is 1. The first-order valence-electron chi connectivity index (χ1n) is 3.38. The Labute approximate surface area is 61.4 Å². The molecule has 0 aliphatic carbocycles. The summed E-state index contributed by atoms with van der Waals surface area (Å²) in [7, 11) is 2.04. The molecule has 1 heterocycles. The van der Waals surface area contributed by atoms with Crippen molar-refractivity contribution >= 4 is 0 Å². The molecule has 0 N–H and O–H groups in total. The second kappa shape index (κ2) is 2.69. The summed E-state index contributed by atoms with van der Waals surface area (Å²) in [5.41, 5.74) is 0. The quantitative estimate of drug-likeness (QED) is 0.421. The van der Waals surface area contributed by atoms with E-state index in [2.05, 4.69) is 28.8 Å². The van der Waals surface area contributed by atoms with Crippen LogP contribution in [0.2, 0.25) is 0 Å². The third kappa shape index (κ3) is 1.10. The molecule has 0 atom stereocenters. The van der Waals surface area contributed by atoms with Crippen molar-refractivity contribution in [3.8, 4) is 0 Å². The Morgan fingerprint density at radius 2 is 2.50 bits per heavy atom. The number of hydrogen-bond acceptors (Lipinski definition) is 0. The van der Waals surface area contributed by atoms with E-state index in [9.17, 15) is 0 Å². The third-order valence-corrected chi connectivity index (χ3v) is 1.72. The van der Waals surface area contributed by atoms with Crippen LogP contribution in [0.15, 0.2) is 25.0 Å². The molecule has 0 amide bonds. The van der Waals surface area contributed by atoms with E-state index in [-0.39, 0.29) is 0 Å². The van der Waals surface area contributed by atoms with Crippen LogP contribution in [0.25, 0.3) is 0 Å². The molecule has 2 nitrogen and oxygen atoms in total. The summed E-state index contributed by atoms with van der Waals surface area (Å²) in [5, 5.41) is 0. The van der Waals surface area contributed by atoms with Gasteiger partial charge in [-0.05, 0) is 0 Å². The Balaban J connectivity index is 2.93. The second-order valence-corrected chi connectivity index (χ2v) is 2.40. The first-order chi connectivity index (χ1) is 4.75. The Kier molecular flexibility index (Phi) is 1.90. The largest absolute Gasteiger partial charge is 0.253 e. The standard InChI is InChI=1S/C8H13N2/c1-4-5-10-7-6-9(3)8(10)2/h4,6-7H,1,5H2,2-3H3/q+1. The highest BCUT2D eigenvalue weighted by Crippen LogP contribution is 1.91. The predicted octanol–water partition coefficient (Wildman–Crippen LogP) is 0.807. The van der Waals surface area contributed by atoms with Gasteiger partial charge in [0.05, 0.1) is 7.05 Å². The van der Waals surface area contributed by atoms with Gasteiger partial charge in [-0.15, -0.1) is 0 Å². The van der Waals surface area contributed by atoms with Gasteiger partial charge in [0.25, 0.3) is 5.82 Å². The lowest BCUT2D eigenvalue weighted by Gasteiger charge is -1.91. The normalized spacial score (nSPS) is 9.80. The lowest BCUT2D eigenvalue weighted by atomic mass is 10.5. The van der Waals surface area contributed by atoms with Gasteiger partial charge in [-0.1, -0.05) is 12.7 Å². The lowest BCUT2D eigenvalue weighted by Crippen LogP contribution is -2.29. The molecular weight excluding hydrogens is 124 g/mol. The fraction of sp³-hybridized carbons (Fsp3) is 0.375. The summed E-state index contributed by atoms with van der Waals surface area (Å²) >= 11 is 0. The average molecular weight is 137 g/mol. The summed E-state index contributed by atoms with van der Waals surface area (Å²) in [5.74, 6) is 1.25. The van der Waals surface area contributed by atoms with Crippen molar-refractivity contribution in [2.24, 2.45) is 7.05 Å². The summed E-state index contributed by atoms with van der Waals surface area (Å²) < 4.78 is 4.23. The first kappa shape index (κ1) is 7.06. The molecule has 0 radical (unpaired) electrons. The van der Waals surface area contributed by atoms with E-state index in [4.69, 9.17) is 0 Å². The molecule has 2 heteroatoms. The Bertz CT molecular complexity index is 235. The number of allylic oxidation sites excluding steroid dienone is 1. The molecule has 0 bridgehead atoms. The topological polar surface area (TPSA) is 8.81 Å². The third-order valence-electron chi connectivity index (χ3n) is 1.72. The van der Waals surface area contributed by atoms with Gasteiger partial charge in [0.2, 0.25) is 0 Å². The van der Waals surface area contributed by atoms with Gasteiger partial charge in [-0.3, -0.25) is 0 Å². The molecule has 0 aromatic carbocycles. The van der Waals surface area contributed by atoms with Crippen LogP contribution < -0.4 is 4.57 Å². The van der Waals surface area contributed by atoms with Crippen LogP contribution in [0.4, 0.5) is 0 Å².